The first-order valence-corrected chi connectivity index (χ1v) is 7.41. The molecule has 0 amide bonds. The van der Waals surface area contributed by atoms with E-state index in [9.17, 15) is 0 Å². The lowest BCUT2D eigenvalue weighted by atomic mass is 10.3. The molecule has 2 nitrogen and oxygen atoms in total. The Balaban J connectivity index is 1.82. The van der Waals surface area contributed by atoms with Gasteiger partial charge in [-0.1, -0.05) is 6.07 Å². The number of thiophene rings is 1. The van der Waals surface area contributed by atoms with Crippen molar-refractivity contribution in [1.29, 1.82) is 0 Å². The zero-order valence-electron chi connectivity index (χ0n) is 9.34. The maximum Gasteiger partial charge on any atom is 0.129 e. The first kappa shape index (κ1) is 11.2. The van der Waals surface area contributed by atoms with Gasteiger partial charge >= 0.3 is 0 Å². The topological polar surface area (TPSA) is 16.1 Å². The molecule has 0 aromatic carbocycles. The fourth-order valence-electron chi connectivity index (χ4n) is 1.89. The molecule has 0 bridgehead atoms. The van der Waals surface area contributed by atoms with Crippen molar-refractivity contribution in [3.05, 3.63) is 45.2 Å². The highest BCUT2D eigenvalue weighted by Crippen LogP contribution is 2.32. The number of nitrogens with zero attached hydrogens (tertiary/aromatic N) is 2. The molecule has 1 aliphatic rings. The molecule has 0 atom stereocenters. The number of hydrogen-bond acceptors (Lipinski definition) is 3. The van der Waals surface area contributed by atoms with Crippen LogP contribution in [0.2, 0.25) is 0 Å². The Morgan fingerprint density at radius 3 is 2.82 bits per heavy atom. The Hall–Kier alpha value is -0.870. The van der Waals surface area contributed by atoms with Crippen LogP contribution in [0.4, 0.5) is 5.82 Å². The Morgan fingerprint density at radius 2 is 2.24 bits per heavy atom. The fraction of sp³-hybridized carbons (Fsp3) is 0.308. The number of rotatable bonds is 4. The summed E-state index contributed by atoms with van der Waals surface area (Å²) in [7, 11) is 0. The number of anilines is 1. The zero-order chi connectivity index (χ0) is 11.7. The average molecular weight is 309 g/mol. The van der Waals surface area contributed by atoms with E-state index >= 15 is 0 Å². The summed E-state index contributed by atoms with van der Waals surface area (Å²) in [5.74, 6) is 1.09. The third-order valence-electron chi connectivity index (χ3n) is 2.90. The molecule has 0 radical (unpaired) electrons. The minimum absolute atomic E-state index is 0.686. The van der Waals surface area contributed by atoms with Crippen LogP contribution >= 0.6 is 27.3 Å². The second kappa shape index (κ2) is 4.78. The first-order chi connectivity index (χ1) is 8.33. The van der Waals surface area contributed by atoms with Crippen LogP contribution < -0.4 is 4.90 Å². The zero-order valence-corrected chi connectivity index (χ0v) is 11.7. The van der Waals surface area contributed by atoms with E-state index in [2.05, 4.69) is 55.5 Å². The van der Waals surface area contributed by atoms with Crippen LogP contribution in [0.15, 0.2) is 40.3 Å². The van der Waals surface area contributed by atoms with Crippen LogP contribution in [0.1, 0.15) is 17.7 Å². The van der Waals surface area contributed by atoms with Crippen molar-refractivity contribution < 1.29 is 0 Å². The molecule has 1 aliphatic carbocycles. The van der Waals surface area contributed by atoms with Gasteiger partial charge in [0.05, 0.1) is 6.54 Å². The molecule has 1 fully saturated rings. The molecule has 4 heteroatoms. The van der Waals surface area contributed by atoms with Gasteiger partial charge in [-0.25, -0.2) is 4.98 Å². The predicted molar refractivity (Wildman–Crippen MR) is 75.5 cm³/mol. The highest BCUT2D eigenvalue weighted by atomic mass is 79.9. The average Bonchev–Trinajstić information content (AvgIpc) is 3.05. The van der Waals surface area contributed by atoms with Crippen molar-refractivity contribution in [1.82, 2.24) is 4.98 Å². The highest BCUT2D eigenvalue weighted by molar-refractivity contribution is 9.10. The molecule has 88 valence electrons. The monoisotopic (exact) mass is 308 g/mol. The van der Waals surface area contributed by atoms with Gasteiger partial charge in [-0.2, -0.15) is 0 Å². The van der Waals surface area contributed by atoms with E-state index in [0.29, 0.717) is 6.04 Å². The molecule has 2 heterocycles. The molecule has 2 aromatic rings. The van der Waals surface area contributed by atoms with Crippen LogP contribution in [0.3, 0.4) is 0 Å². The standard InChI is InChI=1S/C13H13BrN2S/c14-10-3-6-13(15-8-10)16(11-4-5-11)9-12-2-1-7-17-12/h1-3,6-8,11H,4-5,9H2. The van der Waals surface area contributed by atoms with Crippen molar-refractivity contribution in [2.75, 3.05) is 4.90 Å². The lowest BCUT2D eigenvalue weighted by molar-refractivity contribution is 0.786. The summed E-state index contributed by atoms with van der Waals surface area (Å²) >= 11 is 5.24. The maximum absolute atomic E-state index is 4.50. The largest absolute Gasteiger partial charge is 0.348 e. The summed E-state index contributed by atoms with van der Waals surface area (Å²) in [4.78, 5) is 8.32. The van der Waals surface area contributed by atoms with Gasteiger partial charge < -0.3 is 4.90 Å². The van der Waals surface area contributed by atoms with Gasteiger partial charge in [-0.15, -0.1) is 11.3 Å². The Morgan fingerprint density at radius 1 is 1.35 bits per heavy atom. The van der Waals surface area contributed by atoms with Crippen molar-refractivity contribution in [2.24, 2.45) is 0 Å². The Labute approximate surface area is 113 Å². The fourth-order valence-corrected chi connectivity index (χ4v) is 2.83. The summed E-state index contributed by atoms with van der Waals surface area (Å²) in [5, 5.41) is 2.13. The van der Waals surface area contributed by atoms with Gasteiger partial charge in [0.2, 0.25) is 0 Å². The van der Waals surface area contributed by atoms with Crippen LogP contribution in [-0.2, 0) is 6.54 Å². The van der Waals surface area contributed by atoms with Crippen LogP contribution in [0, 0.1) is 0 Å². The highest BCUT2D eigenvalue weighted by Gasteiger charge is 2.30. The third-order valence-corrected chi connectivity index (χ3v) is 4.23. The Bertz CT molecular complexity index is 477. The summed E-state index contributed by atoms with van der Waals surface area (Å²) < 4.78 is 1.04. The lowest BCUT2D eigenvalue weighted by Gasteiger charge is -2.22. The minimum atomic E-state index is 0.686. The number of aromatic nitrogens is 1. The minimum Gasteiger partial charge on any atom is -0.348 e. The van der Waals surface area contributed by atoms with Crippen LogP contribution in [0.25, 0.3) is 0 Å². The molecule has 17 heavy (non-hydrogen) atoms. The molecule has 0 unspecified atom stereocenters. The van der Waals surface area contributed by atoms with E-state index in [1.54, 1.807) is 0 Å². The second-order valence-electron chi connectivity index (χ2n) is 4.27. The number of hydrogen-bond donors (Lipinski definition) is 0. The van der Waals surface area contributed by atoms with E-state index in [1.165, 1.54) is 17.7 Å². The van der Waals surface area contributed by atoms with Gasteiger partial charge in [0.1, 0.15) is 5.82 Å². The van der Waals surface area contributed by atoms with Crippen LogP contribution in [0.5, 0.6) is 0 Å². The van der Waals surface area contributed by atoms with E-state index in [-0.39, 0.29) is 0 Å². The molecular weight excluding hydrogens is 296 g/mol. The van der Waals surface area contributed by atoms with E-state index in [1.807, 2.05) is 17.5 Å². The molecule has 0 spiro atoms. The van der Waals surface area contributed by atoms with E-state index in [0.717, 1.165) is 16.8 Å². The summed E-state index contributed by atoms with van der Waals surface area (Å²) in [6, 6.07) is 9.15. The van der Waals surface area contributed by atoms with Gasteiger partial charge in [0.15, 0.2) is 0 Å². The Kier molecular flexibility index (Phi) is 3.16. The molecule has 2 aromatic heterocycles. The second-order valence-corrected chi connectivity index (χ2v) is 6.22. The van der Waals surface area contributed by atoms with E-state index < -0.39 is 0 Å². The maximum atomic E-state index is 4.50. The first-order valence-electron chi connectivity index (χ1n) is 5.73. The molecule has 0 aliphatic heterocycles. The van der Waals surface area contributed by atoms with Gasteiger partial charge in [-0.05, 0) is 52.4 Å². The summed E-state index contributed by atoms with van der Waals surface area (Å²) in [5.41, 5.74) is 0. The van der Waals surface area contributed by atoms with Crippen molar-refractivity contribution in [3.63, 3.8) is 0 Å². The van der Waals surface area contributed by atoms with Gasteiger partial charge in [-0.3, -0.25) is 0 Å². The molecule has 0 saturated heterocycles. The lowest BCUT2D eigenvalue weighted by Crippen LogP contribution is -2.25. The SMILES string of the molecule is Brc1ccc(N(Cc2cccs2)C2CC2)nc1. The number of halogens is 1. The quantitative estimate of drug-likeness (QED) is 0.846. The smallest absolute Gasteiger partial charge is 0.129 e. The normalized spacial score (nSPS) is 14.9. The molecule has 3 rings (SSSR count). The molecular formula is C13H13BrN2S. The van der Waals surface area contributed by atoms with Crippen molar-refractivity contribution >= 4 is 33.1 Å². The predicted octanol–water partition coefficient (Wildman–Crippen LogP) is 4.07. The molecule has 0 N–H and O–H groups in total. The van der Waals surface area contributed by atoms with Gasteiger partial charge in [0, 0.05) is 21.6 Å². The summed E-state index contributed by atoms with van der Waals surface area (Å²) in [6.07, 6.45) is 4.46. The van der Waals surface area contributed by atoms with Gasteiger partial charge in [0.25, 0.3) is 0 Å². The van der Waals surface area contributed by atoms with Crippen molar-refractivity contribution in [3.8, 4) is 0 Å². The summed E-state index contributed by atoms with van der Waals surface area (Å²) in [6.45, 7) is 0.983. The number of pyridine rings is 1. The van der Waals surface area contributed by atoms with E-state index in [4.69, 9.17) is 0 Å². The molecule has 1 saturated carbocycles. The van der Waals surface area contributed by atoms with Crippen LogP contribution in [-0.4, -0.2) is 11.0 Å². The third kappa shape index (κ3) is 2.69. The van der Waals surface area contributed by atoms with Crippen molar-refractivity contribution in [2.45, 2.75) is 25.4 Å².